The van der Waals surface area contributed by atoms with Crippen LogP contribution >= 0.6 is 0 Å². The van der Waals surface area contributed by atoms with E-state index in [-0.39, 0.29) is 0 Å². The van der Waals surface area contributed by atoms with Gasteiger partial charge < -0.3 is 10.2 Å². The van der Waals surface area contributed by atoms with E-state index in [1.807, 2.05) is 13.1 Å². The Morgan fingerprint density at radius 3 is 2.72 bits per heavy atom. The van der Waals surface area contributed by atoms with Gasteiger partial charge in [-0.25, -0.2) is 0 Å². The highest BCUT2D eigenvalue weighted by molar-refractivity contribution is 5.60. The van der Waals surface area contributed by atoms with Crippen molar-refractivity contribution in [3.8, 4) is 6.07 Å². The number of nitrogens with zero attached hydrogens (tertiary/aromatic N) is 2. The highest BCUT2D eigenvalue weighted by Gasteiger charge is 2.18. The van der Waals surface area contributed by atoms with Crippen molar-refractivity contribution >= 4 is 5.69 Å². The predicted molar refractivity (Wildman–Crippen MR) is 74.5 cm³/mol. The summed E-state index contributed by atoms with van der Waals surface area (Å²) in [4.78, 5) is 2.35. The number of piperidine rings is 1. The maximum atomic E-state index is 9.30. The van der Waals surface area contributed by atoms with Crippen LogP contribution in [0.3, 0.4) is 0 Å². The van der Waals surface area contributed by atoms with Crippen LogP contribution in [0, 0.1) is 17.2 Å². The molecular weight excluding hydrogens is 222 g/mol. The van der Waals surface area contributed by atoms with Crippen LogP contribution in [0.15, 0.2) is 18.2 Å². The molecule has 3 nitrogen and oxygen atoms in total. The van der Waals surface area contributed by atoms with Crippen LogP contribution in [0.4, 0.5) is 5.69 Å². The molecule has 1 saturated heterocycles. The smallest absolute Gasteiger partial charge is 0.101 e. The number of nitrogens with one attached hydrogen (secondary N) is 1. The van der Waals surface area contributed by atoms with Crippen molar-refractivity contribution in [2.45, 2.75) is 26.3 Å². The molecule has 1 aromatic carbocycles. The SMILES string of the molecule is CNCc1ccc(N2CCC(C)CC2)c(C#N)c1. The minimum Gasteiger partial charge on any atom is -0.370 e. The molecule has 0 spiro atoms. The molecular formula is C15H21N3. The summed E-state index contributed by atoms with van der Waals surface area (Å²) in [7, 11) is 1.92. The van der Waals surface area contributed by atoms with E-state index in [0.29, 0.717) is 0 Å². The summed E-state index contributed by atoms with van der Waals surface area (Å²) in [5.74, 6) is 0.815. The average Bonchev–Trinajstić information content (AvgIpc) is 2.40. The zero-order chi connectivity index (χ0) is 13.0. The Bertz CT molecular complexity index is 440. The van der Waals surface area contributed by atoms with Gasteiger partial charge in [-0.05, 0) is 43.5 Å². The van der Waals surface area contributed by atoms with Crippen LogP contribution in [0.25, 0.3) is 0 Å². The van der Waals surface area contributed by atoms with Gasteiger partial charge in [0.1, 0.15) is 6.07 Å². The maximum absolute atomic E-state index is 9.30. The second-order valence-electron chi connectivity index (χ2n) is 5.16. The van der Waals surface area contributed by atoms with E-state index in [2.05, 4.69) is 35.3 Å². The largest absolute Gasteiger partial charge is 0.370 e. The quantitative estimate of drug-likeness (QED) is 0.886. The number of rotatable bonds is 3. The van der Waals surface area contributed by atoms with Crippen LogP contribution in [0.1, 0.15) is 30.9 Å². The third-order valence-corrected chi connectivity index (χ3v) is 3.69. The zero-order valence-electron chi connectivity index (χ0n) is 11.2. The first-order chi connectivity index (χ1) is 8.74. The summed E-state index contributed by atoms with van der Waals surface area (Å²) in [6.07, 6.45) is 2.45. The van der Waals surface area contributed by atoms with E-state index >= 15 is 0 Å². The number of benzene rings is 1. The van der Waals surface area contributed by atoms with Crippen molar-refractivity contribution in [1.29, 1.82) is 5.26 Å². The summed E-state index contributed by atoms with van der Waals surface area (Å²) in [6, 6.07) is 8.55. The van der Waals surface area contributed by atoms with Crippen LogP contribution in [0.2, 0.25) is 0 Å². The van der Waals surface area contributed by atoms with E-state index in [1.54, 1.807) is 0 Å². The van der Waals surface area contributed by atoms with Gasteiger partial charge in [0, 0.05) is 19.6 Å². The summed E-state index contributed by atoms with van der Waals surface area (Å²) < 4.78 is 0. The fraction of sp³-hybridized carbons (Fsp3) is 0.533. The lowest BCUT2D eigenvalue weighted by molar-refractivity contribution is 0.438. The lowest BCUT2D eigenvalue weighted by atomic mass is 9.98. The van der Waals surface area contributed by atoms with Crippen molar-refractivity contribution in [3.63, 3.8) is 0 Å². The van der Waals surface area contributed by atoms with Crippen molar-refractivity contribution in [1.82, 2.24) is 5.32 Å². The molecule has 18 heavy (non-hydrogen) atoms. The van der Waals surface area contributed by atoms with Crippen LogP contribution in [0.5, 0.6) is 0 Å². The molecule has 96 valence electrons. The molecule has 1 fully saturated rings. The van der Waals surface area contributed by atoms with Crippen molar-refractivity contribution in [2.75, 3.05) is 25.0 Å². The van der Waals surface area contributed by atoms with E-state index in [1.165, 1.54) is 18.4 Å². The summed E-state index contributed by atoms with van der Waals surface area (Å²) in [6.45, 7) is 5.26. The molecule has 0 atom stereocenters. The third kappa shape index (κ3) is 2.83. The van der Waals surface area contributed by atoms with E-state index in [4.69, 9.17) is 0 Å². The zero-order valence-corrected chi connectivity index (χ0v) is 11.2. The Balaban J connectivity index is 2.20. The van der Waals surface area contributed by atoms with Crippen molar-refractivity contribution in [3.05, 3.63) is 29.3 Å². The van der Waals surface area contributed by atoms with Gasteiger partial charge in [-0.15, -0.1) is 0 Å². The molecule has 2 rings (SSSR count). The Kier molecular flexibility index (Phi) is 4.22. The van der Waals surface area contributed by atoms with Crippen molar-refractivity contribution < 1.29 is 0 Å². The van der Waals surface area contributed by atoms with Gasteiger partial charge in [0.2, 0.25) is 0 Å². The van der Waals surface area contributed by atoms with E-state index < -0.39 is 0 Å². The van der Waals surface area contributed by atoms with Gasteiger partial charge in [-0.1, -0.05) is 13.0 Å². The summed E-state index contributed by atoms with van der Waals surface area (Å²) in [5, 5.41) is 12.4. The van der Waals surface area contributed by atoms with Gasteiger partial charge >= 0.3 is 0 Å². The van der Waals surface area contributed by atoms with Gasteiger partial charge in [-0.2, -0.15) is 5.26 Å². The molecule has 0 unspecified atom stereocenters. The molecule has 0 saturated carbocycles. The summed E-state index contributed by atoms with van der Waals surface area (Å²) in [5.41, 5.74) is 3.07. The molecule has 0 radical (unpaired) electrons. The Labute approximate surface area is 109 Å². The Morgan fingerprint density at radius 1 is 1.39 bits per heavy atom. The normalized spacial score (nSPS) is 16.6. The number of hydrogen-bond donors (Lipinski definition) is 1. The third-order valence-electron chi connectivity index (χ3n) is 3.69. The first-order valence-corrected chi connectivity index (χ1v) is 6.67. The van der Waals surface area contributed by atoms with Gasteiger partial charge in [0.05, 0.1) is 11.3 Å². The highest BCUT2D eigenvalue weighted by atomic mass is 15.1. The lowest BCUT2D eigenvalue weighted by Crippen LogP contribution is -2.33. The standard InChI is InChI=1S/C15H21N3/c1-12-5-7-18(8-6-12)15-4-3-13(11-17-2)9-14(15)10-16/h3-4,9,12,17H,5-8,11H2,1-2H3. The summed E-state index contributed by atoms with van der Waals surface area (Å²) >= 11 is 0. The Hall–Kier alpha value is -1.53. The van der Waals surface area contributed by atoms with Crippen LogP contribution in [-0.4, -0.2) is 20.1 Å². The first kappa shape index (κ1) is 12.9. The Morgan fingerprint density at radius 2 is 2.11 bits per heavy atom. The average molecular weight is 243 g/mol. The number of nitriles is 1. The fourth-order valence-electron chi connectivity index (χ4n) is 2.51. The molecule has 1 heterocycles. The van der Waals surface area contributed by atoms with Crippen LogP contribution < -0.4 is 10.2 Å². The van der Waals surface area contributed by atoms with Gasteiger partial charge in [0.15, 0.2) is 0 Å². The molecule has 0 amide bonds. The monoisotopic (exact) mass is 243 g/mol. The highest BCUT2D eigenvalue weighted by Crippen LogP contribution is 2.26. The second-order valence-corrected chi connectivity index (χ2v) is 5.16. The molecule has 1 aliphatic rings. The minimum atomic E-state index is 0.803. The predicted octanol–water partition coefficient (Wildman–Crippen LogP) is 2.51. The molecule has 0 aromatic heterocycles. The minimum absolute atomic E-state index is 0.803. The molecule has 1 aliphatic heterocycles. The number of anilines is 1. The second kappa shape index (κ2) is 5.88. The van der Waals surface area contributed by atoms with Crippen molar-refractivity contribution in [2.24, 2.45) is 5.92 Å². The fourth-order valence-corrected chi connectivity index (χ4v) is 2.51. The topological polar surface area (TPSA) is 39.1 Å². The lowest BCUT2D eigenvalue weighted by Gasteiger charge is -2.32. The molecule has 0 bridgehead atoms. The van der Waals surface area contributed by atoms with E-state index in [9.17, 15) is 5.26 Å². The molecule has 0 aliphatic carbocycles. The van der Waals surface area contributed by atoms with Gasteiger partial charge in [0.25, 0.3) is 0 Å². The van der Waals surface area contributed by atoms with E-state index in [0.717, 1.165) is 36.8 Å². The van der Waals surface area contributed by atoms with Gasteiger partial charge in [-0.3, -0.25) is 0 Å². The maximum Gasteiger partial charge on any atom is 0.101 e. The molecule has 1 aromatic rings. The first-order valence-electron chi connectivity index (χ1n) is 6.67. The number of hydrogen-bond acceptors (Lipinski definition) is 3. The molecule has 3 heteroatoms. The molecule has 1 N–H and O–H groups in total. The van der Waals surface area contributed by atoms with Crippen LogP contribution in [-0.2, 0) is 6.54 Å².